The predicted molar refractivity (Wildman–Crippen MR) is 114 cm³/mol. The normalized spacial score (nSPS) is 31.5. The number of hydrogen-bond acceptors (Lipinski definition) is 5. The molecule has 2 fully saturated rings. The van der Waals surface area contributed by atoms with E-state index < -0.39 is 10.0 Å². The maximum atomic E-state index is 11.9. The average molecular weight is 423 g/mol. The molecule has 4 aliphatic rings. The highest BCUT2D eigenvalue weighted by Crippen LogP contribution is 2.39. The maximum absolute atomic E-state index is 11.9. The molecule has 7 heteroatoms. The van der Waals surface area contributed by atoms with Crippen molar-refractivity contribution in [3.63, 3.8) is 0 Å². The largest absolute Gasteiger partial charge is 0.492 e. The fraction of sp³-hybridized carbons (Fsp3) is 0.727. The Morgan fingerprint density at radius 1 is 1.10 bits per heavy atom. The molecule has 29 heavy (non-hydrogen) atoms. The smallest absolute Gasteiger partial charge is 0.209 e. The van der Waals surface area contributed by atoms with Gasteiger partial charge >= 0.3 is 0 Å². The molecule has 2 atom stereocenters. The van der Waals surface area contributed by atoms with E-state index in [1.807, 2.05) is 0 Å². The van der Waals surface area contributed by atoms with Gasteiger partial charge in [-0.1, -0.05) is 17.7 Å². The number of benzene rings is 1. The van der Waals surface area contributed by atoms with Gasteiger partial charge in [-0.25, -0.2) is 13.1 Å². The Morgan fingerprint density at radius 3 is 2.66 bits per heavy atom. The van der Waals surface area contributed by atoms with Crippen molar-refractivity contribution in [2.75, 3.05) is 32.6 Å². The highest BCUT2D eigenvalue weighted by Gasteiger charge is 2.35. The van der Waals surface area contributed by atoms with Gasteiger partial charge in [0.05, 0.1) is 19.0 Å². The van der Waals surface area contributed by atoms with Crippen LogP contribution in [0, 0.1) is 6.92 Å². The van der Waals surface area contributed by atoms with Crippen LogP contribution < -0.4 is 9.46 Å². The summed E-state index contributed by atoms with van der Waals surface area (Å²) in [5.74, 6) is 1.55. The number of rotatable bonds is 2. The molecule has 1 N–H and O–H groups in total. The predicted octanol–water partition coefficient (Wildman–Crippen LogP) is 2.81. The molecule has 0 radical (unpaired) electrons. The maximum Gasteiger partial charge on any atom is 0.209 e. The van der Waals surface area contributed by atoms with Crippen LogP contribution >= 0.6 is 0 Å². The quantitative estimate of drug-likeness (QED) is 0.794. The molecule has 0 amide bonds. The van der Waals surface area contributed by atoms with Crippen molar-refractivity contribution in [2.24, 2.45) is 0 Å². The minimum Gasteiger partial charge on any atom is -0.492 e. The lowest BCUT2D eigenvalue weighted by molar-refractivity contribution is -0.0284. The second-order valence-corrected chi connectivity index (χ2v) is 10.7. The molecule has 2 bridgehead atoms. The molecule has 1 aromatic rings. The van der Waals surface area contributed by atoms with E-state index in [0.29, 0.717) is 19.1 Å². The molecule has 1 saturated heterocycles. The van der Waals surface area contributed by atoms with Crippen LogP contribution in [-0.2, 0) is 14.8 Å². The summed E-state index contributed by atoms with van der Waals surface area (Å²) in [5, 5.41) is 0. The minimum absolute atomic E-state index is 0.0537. The van der Waals surface area contributed by atoms with Crippen LogP contribution in [0.15, 0.2) is 18.2 Å². The van der Waals surface area contributed by atoms with Gasteiger partial charge in [-0.3, -0.25) is 4.90 Å². The summed E-state index contributed by atoms with van der Waals surface area (Å²) >= 11 is 0. The SMILES string of the molecule is Cc1ccc2c(c1)C1CCC(CC1)OC[C@H]1[C@@H](NS(C)(=O)=O)CCCN1CCO2. The first-order chi connectivity index (χ1) is 13.9. The molecule has 1 aliphatic carbocycles. The number of sulfonamides is 1. The van der Waals surface area contributed by atoms with Crippen molar-refractivity contribution in [2.45, 2.75) is 69.6 Å². The molecule has 162 valence electrons. The zero-order chi connectivity index (χ0) is 20.4. The van der Waals surface area contributed by atoms with E-state index >= 15 is 0 Å². The van der Waals surface area contributed by atoms with E-state index in [4.69, 9.17) is 9.47 Å². The van der Waals surface area contributed by atoms with Gasteiger partial charge in [0.2, 0.25) is 10.0 Å². The summed E-state index contributed by atoms with van der Waals surface area (Å²) in [6.07, 6.45) is 7.68. The van der Waals surface area contributed by atoms with Crippen LogP contribution in [0.5, 0.6) is 5.75 Å². The van der Waals surface area contributed by atoms with Gasteiger partial charge in [0.25, 0.3) is 0 Å². The van der Waals surface area contributed by atoms with Gasteiger partial charge in [-0.15, -0.1) is 0 Å². The number of aryl methyl sites for hydroxylation is 1. The van der Waals surface area contributed by atoms with Crippen molar-refractivity contribution in [3.8, 4) is 5.75 Å². The molecule has 3 heterocycles. The molecule has 3 aliphatic heterocycles. The molecule has 0 spiro atoms. The lowest BCUT2D eigenvalue weighted by Crippen LogP contribution is -2.58. The fourth-order valence-corrected chi connectivity index (χ4v) is 6.03. The number of ether oxygens (including phenoxy) is 2. The molecular weight excluding hydrogens is 388 g/mol. The van der Waals surface area contributed by atoms with Gasteiger partial charge in [0, 0.05) is 18.6 Å². The Labute approximate surface area is 175 Å². The van der Waals surface area contributed by atoms with Crippen LogP contribution in [0.1, 0.15) is 55.6 Å². The molecule has 1 aromatic carbocycles. The first-order valence-electron chi connectivity index (χ1n) is 11.0. The number of nitrogens with one attached hydrogen (secondary N) is 1. The third-order valence-electron chi connectivity index (χ3n) is 6.68. The van der Waals surface area contributed by atoms with E-state index in [9.17, 15) is 8.42 Å². The Bertz CT molecular complexity index is 805. The summed E-state index contributed by atoms with van der Waals surface area (Å²) in [7, 11) is -3.25. The monoisotopic (exact) mass is 422 g/mol. The van der Waals surface area contributed by atoms with Gasteiger partial charge in [-0.2, -0.15) is 0 Å². The zero-order valence-electron chi connectivity index (χ0n) is 17.6. The van der Waals surface area contributed by atoms with Gasteiger partial charge in [0.15, 0.2) is 0 Å². The lowest BCUT2D eigenvalue weighted by Gasteiger charge is -2.41. The van der Waals surface area contributed by atoms with Gasteiger partial charge in [0.1, 0.15) is 12.4 Å². The standard InChI is InChI=1S/C22H34N2O4S/c1-16-5-10-22-19(14-16)17-6-8-18(9-7-17)28-15-21-20(23-29(2,25)26)4-3-11-24(21)12-13-27-22/h5,10,14,17-18,20-21,23H,3-4,6-9,11-13,15H2,1-2H3/t17?,18?,20-,21-/m0/s1. The van der Waals surface area contributed by atoms with Crippen LogP contribution in [0.3, 0.4) is 0 Å². The Hall–Kier alpha value is -1.15. The molecule has 6 nitrogen and oxygen atoms in total. The van der Waals surface area contributed by atoms with Crippen LogP contribution in [0.25, 0.3) is 0 Å². The third-order valence-corrected chi connectivity index (χ3v) is 7.41. The highest BCUT2D eigenvalue weighted by atomic mass is 32.2. The molecule has 0 aromatic heterocycles. The number of nitrogens with zero attached hydrogens (tertiary/aromatic N) is 1. The highest BCUT2D eigenvalue weighted by molar-refractivity contribution is 7.88. The summed E-state index contributed by atoms with van der Waals surface area (Å²) in [6, 6.07) is 6.49. The summed E-state index contributed by atoms with van der Waals surface area (Å²) in [5.41, 5.74) is 2.62. The average Bonchev–Trinajstić information content (AvgIpc) is 2.69. The number of hydrogen-bond donors (Lipinski definition) is 1. The van der Waals surface area contributed by atoms with Gasteiger partial charge in [-0.05, 0) is 69.5 Å². The summed E-state index contributed by atoms with van der Waals surface area (Å²) < 4.78 is 39.3. The molecule has 5 rings (SSSR count). The zero-order valence-corrected chi connectivity index (χ0v) is 18.4. The number of fused-ring (bicyclic) bond motifs is 5. The first kappa shape index (κ1) is 21.1. The summed E-state index contributed by atoms with van der Waals surface area (Å²) in [4.78, 5) is 2.35. The van der Waals surface area contributed by atoms with Gasteiger partial charge < -0.3 is 9.47 Å². The first-order valence-corrected chi connectivity index (χ1v) is 12.8. The van der Waals surface area contributed by atoms with Crippen LogP contribution in [0.4, 0.5) is 0 Å². The van der Waals surface area contributed by atoms with Crippen LogP contribution in [-0.4, -0.2) is 64.1 Å². The second kappa shape index (κ2) is 8.92. The van der Waals surface area contributed by atoms with Crippen molar-refractivity contribution in [1.29, 1.82) is 0 Å². The minimum atomic E-state index is -3.25. The lowest BCUT2D eigenvalue weighted by atomic mass is 9.82. The Kier molecular flexibility index (Phi) is 6.49. The molecular formula is C22H34N2O4S. The Morgan fingerprint density at radius 2 is 1.90 bits per heavy atom. The fourth-order valence-electron chi connectivity index (χ4n) is 5.20. The van der Waals surface area contributed by atoms with Crippen molar-refractivity contribution >= 4 is 10.0 Å². The third kappa shape index (κ3) is 5.32. The van der Waals surface area contributed by atoms with Crippen molar-refractivity contribution in [1.82, 2.24) is 9.62 Å². The molecule has 1 saturated carbocycles. The summed E-state index contributed by atoms with van der Waals surface area (Å²) in [6.45, 7) is 5.05. The Balaban J connectivity index is 1.57. The van der Waals surface area contributed by atoms with Crippen molar-refractivity contribution < 1.29 is 17.9 Å². The van der Waals surface area contributed by atoms with E-state index in [1.165, 1.54) is 17.4 Å². The molecule has 0 unspecified atom stereocenters. The topological polar surface area (TPSA) is 67.9 Å². The van der Waals surface area contributed by atoms with E-state index in [1.54, 1.807) is 0 Å². The van der Waals surface area contributed by atoms with Crippen LogP contribution in [0.2, 0.25) is 0 Å². The van der Waals surface area contributed by atoms with Crippen molar-refractivity contribution in [3.05, 3.63) is 29.3 Å². The van der Waals surface area contributed by atoms with E-state index in [-0.39, 0.29) is 18.2 Å². The number of piperidine rings is 1. The van der Waals surface area contributed by atoms with E-state index in [0.717, 1.165) is 57.4 Å². The van der Waals surface area contributed by atoms with E-state index in [2.05, 4.69) is 34.7 Å². The second-order valence-electron chi connectivity index (χ2n) is 8.94.